The second-order valence-corrected chi connectivity index (χ2v) is 6.99. The van der Waals surface area contributed by atoms with Crippen LogP contribution in [0.3, 0.4) is 0 Å². The third-order valence-corrected chi connectivity index (χ3v) is 5.41. The molecule has 1 aliphatic carbocycles. The minimum atomic E-state index is -0.707. The molecule has 1 aliphatic heterocycles. The Bertz CT molecular complexity index is 377. The molecule has 21 heavy (non-hydrogen) atoms. The predicted molar refractivity (Wildman–Crippen MR) is 84.6 cm³/mol. The minimum Gasteiger partial charge on any atom is -0.341 e. The first-order chi connectivity index (χ1) is 10.2. The van der Waals surface area contributed by atoms with Crippen molar-refractivity contribution in [3.05, 3.63) is 0 Å². The molecule has 0 N–H and O–H groups in total. The molecule has 1 heterocycles. The number of amides is 1. The molecular weight excluding hydrogens is 260 g/mol. The summed E-state index contributed by atoms with van der Waals surface area (Å²) in [6, 6.07) is 2.42. The highest BCUT2D eigenvalue weighted by molar-refractivity contribution is 5.85. The van der Waals surface area contributed by atoms with Gasteiger partial charge < -0.3 is 4.90 Å². The van der Waals surface area contributed by atoms with Gasteiger partial charge in [-0.3, -0.25) is 4.79 Å². The van der Waals surface area contributed by atoms with Crippen molar-refractivity contribution in [2.45, 2.75) is 77.6 Å². The largest absolute Gasteiger partial charge is 0.341 e. The maximum absolute atomic E-state index is 13.0. The van der Waals surface area contributed by atoms with Crippen molar-refractivity contribution in [3.8, 4) is 6.07 Å². The number of rotatable bonds is 3. The molecule has 1 unspecified atom stereocenters. The lowest BCUT2D eigenvalue weighted by Crippen LogP contribution is -2.43. The topological polar surface area (TPSA) is 44.1 Å². The van der Waals surface area contributed by atoms with E-state index in [0.29, 0.717) is 0 Å². The van der Waals surface area contributed by atoms with Gasteiger partial charge in [-0.2, -0.15) is 5.26 Å². The lowest BCUT2D eigenvalue weighted by atomic mass is 9.80. The van der Waals surface area contributed by atoms with E-state index in [9.17, 15) is 10.1 Å². The molecule has 1 saturated heterocycles. The summed E-state index contributed by atoms with van der Waals surface area (Å²) in [7, 11) is 0. The Morgan fingerprint density at radius 3 is 2.48 bits per heavy atom. The van der Waals surface area contributed by atoms with Crippen LogP contribution in [-0.2, 0) is 4.79 Å². The van der Waals surface area contributed by atoms with Gasteiger partial charge in [-0.25, -0.2) is 0 Å². The van der Waals surface area contributed by atoms with Crippen LogP contribution in [-0.4, -0.2) is 23.9 Å². The molecule has 0 aromatic heterocycles. The SMILES string of the molecule is CCCC1CCCN(C(=O)C2(C#N)CCCCCC2)CC1. The summed E-state index contributed by atoms with van der Waals surface area (Å²) in [4.78, 5) is 15.0. The van der Waals surface area contributed by atoms with Gasteiger partial charge in [0.15, 0.2) is 0 Å². The number of nitriles is 1. The van der Waals surface area contributed by atoms with E-state index < -0.39 is 5.41 Å². The fourth-order valence-electron chi connectivity index (χ4n) is 4.07. The van der Waals surface area contributed by atoms with E-state index in [-0.39, 0.29) is 5.91 Å². The van der Waals surface area contributed by atoms with Crippen LogP contribution in [0.15, 0.2) is 0 Å². The fourth-order valence-corrected chi connectivity index (χ4v) is 4.07. The Morgan fingerprint density at radius 1 is 1.14 bits per heavy atom. The van der Waals surface area contributed by atoms with Crippen molar-refractivity contribution in [2.24, 2.45) is 11.3 Å². The molecular formula is C18H30N2O. The number of carbonyl (C=O) groups excluding carboxylic acids is 1. The van der Waals surface area contributed by atoms with Crippen LogP contribution in [0, 0.1) is 22.7 Å². The molecule has 0 aromatic carbocycles. The van der Waals surface area contributed by atoms with Gasteiger partial charge in [0.1, 0.15) is 5.41 Å². The average molecular weight is 290 g/mol. The zero-order chi connectivity index (χ0) is 15.1. The Kier molecular flexibility index (Phi) is 6.08. The van der Waals surface area contributed by atoms with Crippen LogP contribution in [0.5, 0.6) is 0 Å². The first-order valence-electron chi connectivity index (χ1n) is 8.92. The minimum absolute atomic E-state index is 0.143. The van der Waals surface area contributed by atoms with Crippen LogP contribution < -0.4 is 0 Å². The van der Waals surface area contributed by atoms with E-state index in [0.717, 1.165) is 57.5 Å². The van der Waals surface area contributed by atoms with E-state index in [4.69, 9.17) is 0 Å². The molecule has 0 radical (unpaired) electrons. The summed E-state index contributed by atoms with van der Waals surface area (Å²) in [5.41, 5.74) is -0.707. The molecule has 0 bridgehead atoms. The number of nitrogens with zero attached hydrogens (tertiary/aromatic N) is 2. The van der Waals surface area contributed by atoms with Gasteiger partial charge in [0, 0.05) is 13.1 Å². The number of carbonyl (C=O) groups is 1. The van der Waals surface area contributed by atoms with Gasteiger partial charge in [0.2, 0.25) is 5.91 Å². The second kappa shape index (κ2) is 7.82. The first-order valence-corrected chi connectivity index (χ1v) is 8.92. The normalized spacial score (nSPS) is 26.5. The maximum atomic E-state index is 13.0. The Hall–Kier alpha value is -1.04. The van der Waals surface area contributed by atoms with Crippen LogP contribution in [0.2, 0.25) is 0 Å². The third-order valence-electron chi connectivity index (χ3n) is 5.41. The zero-order valence-electron chi connectivity index (χ0n) is 13.6. The number of hydrogen-bond acceptors (Lipinski definition) is 2. The average Bonchev–Trinajstić information content (AvgIpc) is 2.88. The predicted octanol–water partition coefficient (Wildman–Crippen LogP) is 4.28. The van der Waals surface area contributed by atoms with Crippen LogP contribution in [0.4, 0.5) is 0 Å². The van der Waals surface area contributed by atoms with Crippen molar-refractivity contribution < 1.29 is 4.79 Å². The van der Waals surface area contributed by atoms with E-state index in [1.165, 1.54) is 32.1 Å². The molecule has 2 fully saturated rings. The quantitative estimate of drug-likeness (QED) is 0.728. The van der Waals surface area contributed by atoms with Crippen molar-refractivity contribution in [2.75, 3.05) is 13.1 Å². The highest BCUT2D eigenvalue weighted by Gasteiger charge is 2.41. The van der Waals surface area contributed by atoms with Crippen molar-refractivity contribution >= 4 is 5.91 Å². The molecule has 1 saturated carbocycles. The lowest BCUT2D eigenvalue weighted by Gasteiger charge is -2.31. The fraction of sp³-hybridized carbons (Fsp3) is 0.889. The summed E-state index contributed by atoms with van der Waals surface area (Å²) >= 11 is 0. The van der Waals surface area contributed by atoms with E-state index in [2.05, 4.69) is 13.0 Å². The van der Waals surface area contributed by atoms with Gasteiger partial charge in [-0.15, -0.1) is 0 Å². The molecule has 3 heteroatoms. The van der Waals surface area contributed by atoms with E-state index in [1.54, 1.807) is 0 Å². The maximum Gasteiger partial charge on any atom is 0.243 e. The van der Waals surface area contributed by atoms with Gasteiger partial charge in [-0.05, 0) is 38.0 Å². The molecule has 0 spiro atoms. The van der Waals surface area contributed by atoms with Crippen LogP contribution in [0.25, 0.3) is 0 Å². The second-order valence-electron chi connectivity index (χ2n) is 6.99. The molecule has 3 nitrogen and oxygen atoms in total. The monoisotopic (exact) mass is 290 g/mol. The Labute approximate surface area is 129 Å². The van der Waals surface area contributed by atoms with Crippen molar-refractivity contribution in [1.82, 2.24) is 4.90 Å². The first kappa shape index (κ1) is 16.3. The lowest BCUT2D eigenvalue weighted by molar-refractivity contribution is -0.139. The molecule has 1 atom stereocenters. The summed E-state index contributed by atoms with van der Waals surface area (Å²) in [5.74, 6) is 0.920. The standard InChI is InChI=1S/C18H30N2O/c1-2-8-16-9-7-13-20(14-10-16)17(21)18(15-19)11-5-3-4-6-12-18/h16H,2-14H2,1H3. The summed E-state index contributed by atoms with van der Waals surface area (Å²) in [6.07, 6.45) is 12.0. The Balaban J connectivity index is 2.02. The van der Waals surface area contributed by atoms with E-state index in [1.807, 2.05) is 4.90 Å². The van der Waals surface area contributed by atoms with E-state index >= 15 is 0 Å². The summed E-state index contributed by atoms with van der Waals surface area (Å²) < 4.78 is 0. The molecule has 118 valence electrons. The highest BCUT2D eigenvalue weighted by Crippen LogP contribution is 2.37. The zero-order valence-corrected chi connectivity index (χ0v) is 13.6. The Morgan fingerprint density at radius 2 is 1.86 bits per heavy atom. The van der Waals surface area contributed by atoms with Crippen molar-refractivity contribution in [1.29, 1.82) is 5.26 Å². The molecule has 1 amide bonds. The van der Waals surface area contributed by atoms with Crippen LogP contribution in [0.1, 0.15) is 77.6 Å². The van der Waals surface area contributed by atoms with Crippen molar-refractivity contribution in [3.63, 3.8) is 0 Å². The summed E-state index contributed by atoms with van der Waals surface area (Å²) in [6.45, 7) is 3.97. The molecule has 0 aromatic rings. The van der Waals surface area contributed by atoms with Gasteiger partial charge in [-0.1, -0.05) is 45.4 Å². The molecule has 2 aliphatic rings. The van der Waals surface area contributed by atoms with Gasteiger partial charge >= 0.3 is 0 Å². The highest BCUT2D eigenvalue weighted by atomic mass is 16.2. The van der Waals surface area contributed by atoms with Gasteiger partial charge in [0.25, 0.3) is 0 Å². The van der Waals surface area contributed by atoms with Crippen LogP contribution >= 0.6 is 0 Å². The smallest absolute Gasteiger partial charge is 0.243 e. The number of likely N-dealkylation sites (tertiary alicyclic amines) is 1. The summed E-state index contributed by atoms with van der Waals surface area (Å²) in [5, 5.41) is 9.68. The number of hydrogen-bond donors (Lipinski definition) is 0. The molecule has 2 rings (SSSR count). The van der Waals surface area contributed by atoms with Gasteiger partial charge in [0.05, 0.1) is 6.07 Å². The third kappa shape index (κ3) is 3.99.